The Morgan fingerprint density at radius 1 is 1.11 bits per heavy atom. The molecule has 2 rings (SSSR count). The maximum Gasteiger partial charge on any atom is 0.0126 e. The van der Waals surface area contributed by atoms with Gasteiger partial charge in [0.2, 0.25) is 0 Å². The molecule has 2 heteroatoms. The molecule has 106 valence electrons. The van der Waals surface area contributed by atoms with E-state index in [1.807, 2.05) is 0 Å². The first-order valence-electron chi connectivity index (χ1n) is 8.15. The molecule has 1 aliphatic carbocycles. The van der Waals surface area contributed by atoms with Gasteiger partial charge in [-0.2, -0.15) is 0 Å². The first-order valence-corrected chi connectivity index (χ1v) is 8.15. The van der Waals surface area contributed by atoms with Gasteiger partial charge in [0.05, 0.1) is 0 Å². The molecule has 0 aromatic carbocycles. The van der Waals surface area contributed by atoms with Crippen LogP contribution in [0.15, 0.2) is 0 Å². The Kier molecular flexibility index (Phi) is 5.50. The van der Waals surface area contributed by atoms with Gasteiger partial charge in [0, 0.05) is 12.1 Å². The zero-order chi connectivity index (χ0) is 13.0. The minimum Gasteiger partial charge on any atom is -0.316 e. The van der Waals surface area contributed by atoms with Crippen LogP contribution < -0.4 is 5.32 Å². The SMILES string of the molecule is CC(C)CNCCC(C)N1CCCC2CCCC21. The van der Waals surface area contributed by atoms with Crippen molar-refractivity contribution in [1.82, 2.24) is 10.2 Å². The topological polar surface area (TPSA) is 15.3 Å². The first kappa shape index (κ1) is 14.3. The zero-order valence-corrected chi connectivity index (χ0v) is 12.6. The average Bonchev–Trinajstić information content (AvgIpc) is 2.82. The fourth-order valence-corrected chi connectivity index (χ4v) is 3.91. The van der Waals surface area contributed by atoms with Gasteiger partial charge in [-0.3, -0.25) is 4.90 Å². The van der Waals surface area contributed by atoms with E-state index in [-0.39, 0.29) is 0 Å². The van der Waals surface area contributed by atoms with Crippen molar-refractivity contribution in [2.75, 3.05) is 19.6 Å². The van der Waals surface area contributed by atoms with Crippen molar-refractivity contribution in [2.24, 2.45) is 11.8 Å². The Labute approximate surface area is 114 Å². The Morgan fingerprint density at radius 3 is 2.67 bits per heavy atom. The van der Waals surface area contributed by atoms with Gasteiger partial charge in [-0.05, 0) is 70.5 Å². The van der Waals surface area contributed by atoms with Crippen molar-refractivity contribution in [3.05, 3.63) is 0 Å². The highest BCUT2D eigenvalue weighted by atomic mass is 15.2. The Bertz CT molecular complexity index is 239. The minimum absolute atomic E-state index is 0.773. The zero-order valence-electron chi connectivity index (χ0n) is 12.6. The van der Waals surface area contributed by atoms with Gasteiger partial charge in [-0.15, -0.1) is 0 Å². The lowest BCUT2D eigenvalue weighted by Crippen LogP contribution is -2.48. The third-order valence-corrected chi connectivity index (χ3v) is 4.89. The first-order chi connectivity index (χ1) is 8.68. The number of hydrogen-bond donors (Lipinski definition) is 1. The van der Waals surface area contributed by atoms with Gasteiger partial charge in [0.25, 0.3) is 0 Å². The van der Waals surface area contributed by atoms with Crippen LogP contribution in [-0.4, -0.2) is 36.6 Å². The number of nitrogens with one attached hydrogen (secondary N) is 1. The summed E-state index contributed by atoms with van der Waals surface area (Å²) in [4.78, 5) is 2.83. The molecule has 2 nitrogen and oxygen atoms in total. The predicted molar refractivity (Wildman–Crippen MR) is 78.9 cm³/mol. The van der Waals surface area contributed by atoms with E-state index >= 15 is 0 Å². The number of likely N-dealkylation sites (tertiary alicyclic amines) is 1. The van der Waals surface area contributed by atoms with Gasteiger partial charge >= 0.3 is 0 Å². The second-order valence-electron chi connectivity index (χ2n) is 6.87. The molecule has 1 heterocycles. The Morgan fingerprint density at radius 2 is 1.89 bits per heavy atom. The molecule has 1 saturated carbocycles. The van der Waals surface area contributed by atoms with Gasteiger partial charge < -0.3 is 5.32 Å². The molecule has 1 saturated heterocycles. The van der Waals surface area contributed by atoms with Crippen LogP contribution in [0.1, 0.15) is 59.3 Å². The molecule has 3 unspecified atom stereocenters. The van der Waals surface area contributed by atoms with Gasteiger partial charge in [-0.25, -0.2) is 0 Å². The minimum atomic E-state index is 0.773. The van der Waals surface area contributed by atoms with Crippen molar-refractivity contribution in [2.45, 2.75) is 71.4 Å². The fourth-order valence-electron chi connectivity index (χ4n) is 3.91. The van der Waals surface area contributed by atoms with E-state index in [1.165, 1.54) is 58.2 Å². The molecule has 0 spiro atoms. The summed E-state index contributed by atoms with van der Waals surface area (Å²) in [7, 11) is 0. The lowest BCUT2D eigenvalue weighted by atomic mass is 9.90. The van der Waals surface area contributed by atoms with Crippen LogP contribution in [0.3, 0.4) is 0 Å². The maximum absolute atomic E-state index is 3.59. The van der Waals surface area contributed by atoms with E-state index in [4.69, 9.17) is 0 Å². The van der Waals surface area contributed by atoms with Crippen molar-refractivity contribution in [3.8, 4) is 0 Å². The molecule has 0 bridgehead atoms. The normalized spacial score (nSPS) is 30.7. The van der Waals surface area contributed by atoms with Crippen molar-refractivity contribution in [3.63, 3.8) is 0 Å². The van der Waals surface area contributed by atoms with E-state index < -0.39 is 0 Å². The molecule has 2 aliphatic rings. The van der Waals surface area contributed by atoms with Gasteiger partial charge in [0.1, 0.15) is 0 Å². The summed E-state index contributed by atoms with van der Waals surface area (Å²) in [5.41, 5.74) is 0. The Hall–Kier alpha value is -0.0800. The predicted octanol–water partition coefficient (Wildman–Crippen LogP) is 3.28. The van der Waals surface area contributed by atoms with Crippen molar-refractivity contribution in [1.29, 1.82) is 0 Å². The largest absolute Gasteiger partial charge is 0.316 e. The van der Waals surface area contributed by atoms with Crippen LogP contribution >= 0.6 is 0 Å². The molecular weight excluding hydrogens is 220 g/mol. The second kappa shape index (κ2) is 6.91. The summed E-state index contributed by atoms with van der Waals surface area (Å²) in [6.45, 7) is 10.7. The summed E-state index contributed by atoms with van der Waals surface area (Å²) in [6.07, 6.45) is 8.69. The summed E-state index contributed by atoms with van der Waals surface area (Å²) < 4.78 is 0. The van der Waals surface area contributed by atoms with Crippen molar-refractivity contribution >= 4 is 0 Å². The number of rotatable bonds is 6. The maximum atomic E-state index is 3.59. The van der Waals surface area contributed by atoms with Crippen LogP contribution in [0.25, 0.3) is 0 Å². The highest BCUT2D eigenvalue weighted by molar-refractivity contribution is 4.91. The average molecular weight is 252 g/mol. The molecule has 3 atom stereocenters. The lowest BCUT2D eigenvalue weighted by Gasteiger charge is -2.41. The number of fused-ring (bicyclic) bond motifs is 1. The number of hydrogen-bond acceptors (Lipinski definition) is 2. The van der Waals surface area contributed by atoms with Gasteiger partial charge in [0.15, 0.2) is 0 Å². The molecule has 0 radical (unpaired) electrons. The quantitative estimate of drug-likeness (QED) is 0.730. The molecule has 0 amide bonds. The third kappa shape index (κ3) is 3.71. The molecule has 1 aliphatic heterocycles. The molecule has 0 aromatic heterocycles. The molecular formula is C16H32N2. The summed E-state index contributed by atoms with van der Waals surface area (Å²) >= 11 is 0. The number of nitrogens with zero attached hydrogens (tertiary/aromatic N) is 1. The summed E-state index contributed by atoms with van der Waals surface area (Å²) in [6, 6.07) is 1.70. The van der Waals surface area contributed by atoms with Gasteiger partial charge in [-0.1, -0.05) is 20.3 Å². The van der Waals surface area contributed by atoms with Crippen molar-refractivity contribution < 1.29 is 0 Å². The van der Waals surface area contributed by atoms with E-state index in [0.717, 1.165) is 23.9 Å². The molecule has 1 N–H and O–H groups in total. The van der Waals surface area contributed by atoms with Crippen LogP contribution in [0.4, 0.5) is 0 Å². The Balaban J connectivity index is 1.72. The van der Waals surface area contributed by atoms with Crippen LogP contribution in [0.2, 0.25) is 0 Å². The van der Waals surface area contributed by atoms with E-state index in [0.29, 0.717) is 0 Å². The third-order valence-electron chi connectivity index (χ3n) is 4.89. The smallest absolute Gasteiger partial charge is 0.0126 e. The molecule has 2 fully saturated rings. The molecule has 0 aromatic rings. The van der Waals surface area contributed by atoms with Crippen LogP contribution in [0.5, 0.6) is 0 Å². The standard InChI is InChI=1S/C16H32N2/c1-13(2)12-17-10-9-14(3)18-11-5-7-15-6-4-8-16(15)18/h13-17H,4-12H2,1-3H3. The summed E-state index contributed by atoms with van der Waals surface area (Å²) in [5.74, 6) is 1.80. The highest BCUT2D eigenvalue weighted by Crippen LogP contribution is 2.37. The van der Waals surface area contributed by atoms with E-state index in [1.54, 1.807) is 0 Å². The monoisotopic (exact) mass is 252 g/mol. The van der Waals surface area contributed by atoms with E-state index in [2.05, 4.69) is 31.0 Å². The highest BCUT2D eigenvalue weighted by Gasteiger charge is 2.36. The lowest BCUT2D eigenvalue weighted by molar-refractivity contribution is 0.0710. The van der Waals surface area contributed by atoms with E-state index in [9.17, 15) is 0 Å². The number of piperidine rings is 1. The summed E-state index contributed by atoms with van der Waals surface area (Å²) in [5, 5.41) is 3.59. The fraction of sp³-hybridized carbons (Fsp3) is 1.00. The second-order valence-corrected chi connectivity index (χ2v) is 6.87. The molecule has 18 heavy (non-hydrogen) atoms. The van der Waals surface area contributed by atoms with Crippen LogP contribution in [-0.2, 0) is 0 Å². The van der Waals surface area contributed by atoms with Crippen LogP contribution in [0, 0.1) is 11.8 Å².